The number of nitrogens with zero attached hydrogens (tertiary/aromatic N) is 2. The van der Waals surface area contributed by atoms with Gasteiger partial charge in [0.25, 0.3) is 0 Å². The maximum atomic E-state index is 2.57. The van der Waals surface area contributed by atoms with Crippen LogP contribution >= 0.6 is 0 Å². The third-order valence-electron chi connectivity index (χ3n) is 13.2. The fourth-order valence-corrected chi connectivity index (χ4v) is 10.2. The van der Waals surface area contributed by atoms with E-state index in [4.69, 9.17) is 0 Å². The van der Waals surface area contributed by atoms with Crippen LogP contribution in [0.4, 0.5) is 17.1 Å². The maximum Gasteiger partial charge on any atom is 0.0622 e. The lowest BCUT2D eigenvalue weighted by Crippen LogP contribution is -2.14. The average Bonchev–Trinajstić information content (AvgIpc) is 3.78. The topological polar surface area (TPSA) is 8.17 Å². The van der Waals surface area contributed by atoms with E-state index in [0.717, 1.165) is 22.7 Å². The van der Waals surface area contributed by atoms with Gasteiger partial charge in [0.1, 0.15) is 0 Å². The molecule has 2 heteroatoms. The second-order valence-corrected chi connectivity index (χ2v) is 16.9. The molecule has 0 amide bonds. The minimum Gasteiger partial charge on any atom is -0.310 e. The average molecular weight is 779 g/mol. The third kappa shape index (κ3) is 5.49. The molecule has 0 aliphatic heterocycles. The predicted molar refractivity (Wildman–Crippen MR) is 259 cm³/mol. The van der Waals surface area contributed by atoms with Gasteiger partial charge in [0.05, 0.1) is 16.7 Å². The highest BCUT2D eigenvalue weighted by molar-refractivity contribution is 6.27. The number of benzene rings is 10. The first-order chi connectivity index (χ1) is 30.0. The van der Waals surface area contributed by atoms with Crippen molar-refractivity contribution >= 4 is 60.4 Å². The molecule has 0 unspecified atom stereocenters. The molecule has 12 rings (SSSR count). The zero-order chi connectivity index (χ0) is 40.7. The van der Waals surface area contributed by atoms with Crippen LogP contribution in [0.25, 0.3) is 82.4 Å². The van der Waals surface area contributed by atoms with Crippen LogP contribution < -0.4 is 4.90 Å². The molecule has 0 atom stereocenters. The summed E-state index contributed by atoms with van der Waals surface area (Å²) in [6, 6.07) is 80.4. The number of aromatic nitrogens is 1. The molecule has 2 nitrogen and oxygen atoms in total. The Morgan fingerprint density at radius 2 is 0.967 bits per heavy atom. The molecule has 61 heavy (non-hydrogen) atoms. The van der Waals surface area contributed by atoms with E-state index in [-0.39, 0.29) is 5.41 Å². The predicted octanol–water partition coefficient (Wildman–Crippen LogP) is 16.2. The number of fused-ring (bicyclic) bond motifs is 10. The highest BCUT2D eigenvalue weighted by Gasteiger charge is 2.38. The monoisotopic (exact) mass is 778 g/mol. The Hall–Kier alpha value is -7.68. The molecule has 0 N–H and O–H groups in total. The largest absolute Gasteiger partial charge is 0.310 e. The minimum absolute atomic E-state index is 0.132. The lowest BCUT2D eigenvalue weighted by molar-refractivity contribution is 0.661. The molecule has 10 aromatic carbocycles. The zero-order valence-corrected chi connectivity index (χ0v) is 34.2. The molecule has 11 aromatic rings. The van der Waals surface area contributed by atoms with Crippen LogP contribution in [-0.4, -0.2) is 4.57 Å². The van der Waals surface area contributed by atoms with Crippen LogP contribution in [0.5, 0.6) is 0 Å². The van der Waals surface area contributed by atoms with E-state index in [1.807, 2.05) is 0 Å². The Labute approximate surface area is 356 Å². The van der Waals surface area contributed by atoms with Gasteiger partial charge in [-0.3, -0.25) is 0 Å². The van der Waals surface area contributed by atoms with Gasteiger partial charge in [0.15, 0.2) is 0 Å². The van der Waals surface area contributed by atoms with Crippen LogP contribution in [0, 0.1) is 0 Å². The summed E-state index contributed by atoms with van der Waals surface area (Å²) < 4.78 is 2.57. The lowest BCUT2D eigenvalue weighted by Gasteiger charge is -2.28. The fraction of sp³-hybridized carbons (Fsp3) is 0.0508. The van der Waals surface area contributed by atoms with Crippen molar-refractivity contribution in [3.05, 3.63) is 230 Å². The van der Waals surface area contributed by atoms with Gasteiger partial charge in [0.2, 0.25) is 0 Å². The van der Waals surface area contributed by atoms with Gasteiger partial charge in [0, 0.05) is 44.2 Å². The van der Waals surface area contributed by atoms with E-state index in [1.165, 1.54) is 87.9 Å². The molecule has 1 aromatic heterocycles. The van der Waals surface area contributed by atoms with E-state index >= 15 is 0 Å². The molecule has 288 valence electrons. The SMILES string of the molecule is CC1(C)c2ccccc2-c2c1ccc1c3c4ccccc4c(N(c4ccc(-c5ccccc5)cc4)c4ccc(-c5ccccc5)cc4)cc3n(-c3ccc4ccccc4c3)c21. The minimum atomic E-state index is -0.132. The van der Waals surface area contributed by atoms with Gasteiger partial charge in [-0.15, -0.1) is 0 Å². The van der Waals surface area contributed by atoms with Crippen molar-refractivity contribution in [1.29, 1.82) is 0 Å². The maximum absolute atomic E-state index is 2.57. The van der Waals surface area contributed by atoms with Gasteiger partial charge in [-0.1, -0.05) is 190 Å². The van der Waals surface area contributed by atoms with Gasteiger partial charge in [-0.2, -0.15) is 0 Å². The molecule has 0 radical (unpaired) electrons. The van der Waals surface area contributed by atoms with Gasteiger partial charge in [-0.25, -0.2) is 0 Å². The van der Waals surface area contributed by atoms with Crippen LogP contribution in [0.1, 0.15) is 25.0 Å². The number of hydrogen-bond acceptors (Lipinski definition) is 1. The molecule has 1 heterocycles. The lowest BCUT2D eigenvalue weighted by atomic mass is 9.82. The molecule has 0 bridgehead atoms. The van der Waals surface area contributed by atoms with Crippen molar-refractivity contribution in [3.8, 4) is 39.1 Å². The van der Waals surface area contributed by atoms with E-state index in [2.05, 4.69) is 242 Å². The normalized spacial score (nSPS) is 12.9. The summed E-state index contributed by atoms with van der Waals surface area (Å²) in [6.07, 6.45) is 0. The first kappa shape index (κ1) is 35.3. The number of anilines is 3. The molecule has 0 saturated heterocycles. The van der Waals surface area contributed by atoms with Gasteiger partial charge in [-0.05, 0) is 97.6 Å². The van der Waals surface area contributed by atoms with Gasteiger partial charge >= 0.3 is 0 Å². The Bertz CT molecular complexity index is 3380. The summed E-state index contributed by atoms with van der Waals surface area (Å²) in [4.78, 5) is 2.45. The van der Waals surface area contributed by atoms with Crippen LogP contribution in [0.2, 0.25) is 0 Å². The van der Waals surface area contributed by atoms with E-state index in [1.54, 1.807) is 0 Å². The first-order valence-electron chi connectivity index (χ1n) is 21.3. The molecule has 1 aliphatic carbocycles. The first-order valence-corrected chi connectivity index (χ1v) is 21.3. The molecular weight excluding hydrogens is 737 g/mol. The van der Waals surface area contributed by atoms with Crippen molar-refractivity contribution < 1.29 is 0 Å². The summed E-state index contributed by atoms with van der Waals surface area (Å²) in [7, 11) is 0. The van der Waals surface area contributed by atoms with Crippen molar-refractivity contribution in [1.82, 2.24) is 4.57 Å². The summed E-state index contributed by atoms with van der Waals surface area (Å²) in [5.41, 5.74) is 17.0. The summed E-state index contributed by atoms with van der Waals surface area (Å²) >= 11 is 0. The summed E-state index contributed by atoms with van der Waals surface area (Å²) in [5, 5.41) is 7.43. The van der Waals surface area contributed by atoms with Crippen molar-refractivity contribution in [2.45, 2.75) is 19.3 Å². The van der Waals surface area contributed by atoms with Crippen molar-refractivity contribution in [3.63, 3.8) is 0 Å². The number of hydrogen-bond donors (Lipinski definition) is 0. The van der Waals surface area contributed by atoms with Crippen LogP contribution in [0.3, 0.4) is 0 Å². The Morgan fingerprint density at radius 1 is 0.410 bits per heavy atom. The summed E-state index contributed by atoms with van der Waals surface area (Å²) in [6.45, 7) is 4.76. The molecule has 0 saturated carbocycles. The van der Waals surface area contributed by atoms with Crippen LogP contribution in [-0.2, 0) is 5.41 Å². The Kier molecular flexibility index (Phi) is 7.92. The second kappa shape index (κ2) is 13.7. The quantitative estimate of drug-likeness (QED) is 0.163. The van der Waals surface area contributed by atoms with Gasteiger partial charge < -0.3 is 9.47 Å². The molecule has 0 fully saturated rings. The second-order valence-electron chi connectivity index (χ2n) is 16.9. The van der Waals surface area contributed by atoms with E-state index < -0.39 is 0 Å². The van der Waals surface area contributed by atoms with Crippen molar-refractivity contribution in [2.75, 3.05) is 4.90 Å². The smallest absolute Gasteiger partial charge is 0.0622 e. The van der Waals surface area contributed by atoms with Crippen LogP contribution in [0.15, 0.2) is 218 Å². The number of rotatable bonds is 6. The standard InChI is InChI=1S/C59H42N2/c1-59(2)52-24-14-13-23-50(52)57-53(59)36-35-51-56-49-22-12-11-21-48(49)54(38-55(56)61(58(51)57)47-34-29-41-19-9-10-20-44(41)37-47)60(45-30-25-42(26-31-45)39-15-5-3-6-16-39)46-32-27-43(28-33-46)40-17-7-4-8-18-40/h3-38H,1-2H3. The Balaban J connectivity index is 1.18. The summed E-state index contributed by atoms with van der Waals surface area (Å²) in [5.74, 6) is 0. The van der Waals surface area contributed by atoms with E-state index in [9.17, 15) is 0 Å². The third-order valence-corrected chi connectivity index (χ3v) is 13.2. The zero-order valence-electron chi connectivity index (χ0n) is 34.2. The molecule has 0 spiro atoms. The highest BCUT2D eigenvalue weighted by Crippen LogP contribution is 2.54. The molecule has 1 aliphatic rings. The van der Waals surface area contributed by atoms with E-state index in [0.29, 0.717) is 0 Å². The molecular formula is C59H42N2. The van der Waals surface area contributed by atoms with Crippen molar-refractivity contribution in [2.24, 2.45) is 0 Å². The Morgan fingerprint density at radius 3 is 1.64 bits per heavy atom. The highest BCUT2D eigenvalue weighted by atomic mass is 15.1. The fourth-order valence-electron chi connectivity index (χ4n) is 10.2.